The van der Waals surface area contributed by atoms with Crippen LogP contribution in [0.25, 0.3) is 0 Å². The fourth-order valence-corrected chi connectivity index (χ4v) is 2.84. The molecule has 4 nitrogen and oxygen atoms in total. The third kappa shape index (κ3) is 4.17. The molecule has 0 saturated heterocycles. The molecule has 2 N–H and O–H groups in total. The number of carboxylic acid groups (broad SMARTS) is 1. The second kappa shape index (κ2) is 6.89. The van der Waals surface area contributed by atoms with Crippen molar-refractivity contribution in [3.63, 3.8) is 0 Å². The van der Waals surface area contributed by atoms with E-state index in [0.717, 1.165) is 6.42 Å². The number of hydrogen-bond acceptors (Lipinski definition) is 2. The first-order valence-corrected chi connectivity index (χ1v) is 7.29. The molecule has 0 aromatic heterocycles. The van der Waals surface area contributed by atoms with Gasteiger partial charge in [0.15, 0.2) is 0 Å². The van der Waals surface area contributed by atoms with Crippen LogP contribution in [0.15, 0.2) is 18.2 Å². The van der Waals surface area contributed by atoms with Crippen molar-refractivity contribution in [2.24, 2.45) is 11.8 Å². The highest BCUT2D eigenvalue weighted by molar-refractivity contribution is 6.30. The first kappa shape index (κ1) is 15.8. The number of amides is 1. The highest BCUT2D eigenvalue weighted by Gasteiger charge is 2.30. The maximum absolute atomic E-state index is 13.0. The lowest BCUT2D eigenvalue weighted by molar-refractivity contribution is -0.144. The number of aliphatic carboxylic acids is 1. The lowest BCUT2D eigenvalue weighted by Gasteiger charge is -2.25. The third-order valence-corrected chi connectivity index (χ3v) is 4.13. The summed E-state index contributed by atoms with van der Waals surface area (Å²) in [5.74, 6) is -2.19. The Labute approximate surface area is 127 Å². The smallest absolute Gasteiger partial charge is 0.306 e. The van der Waals surface area contributed by atoms with Crippen molar-refractivity contribution in [2.75, 3.05) is 0 Å². The quantitative estimate of drug-likeness (QED) is 0.898. The van der Waals surface area contributed by atoms with Gasteiger partial charge in [-0.25, -0.2) is 4.39 Å². The van der Waals surface area contributed by atoms with Gasteiger partial charge in [-0.1, -0.05) is 24.1 Å². The molecule has 0 aliphatic heterocycles. The van der Waals surface area contributed by atoms with Crippen molar-refractivity contribution in [3.05, 3.63) is 34.6 Å². The summed E-state index contributed by atoms with van der Waals surface area (Å²) in [7, 11) is 0. The highest BCUT2D eigenvalue weighted by Crippen LogP contribution is 2.29. The molecule has 1 fully saturated rings. The van der Waals surface area contributed by atoms with E-state index >= 15 is 0 Å². The van der Waals surface area contributed by atoms with Gasteiger partial charge in [-0.2, -0.15) is 0 Å². The Morgan fingerprint density at radius 1 is 1.33 bits per heavy atom. The molecule has 2 atom stereocenters. The molecule has 1 amide bonds. The van der Waals surface area contributed by atoms with Crippen LogP contribution >= 0.6 is 11.6 Å². The number of benzene rings is 1. The van der Waals surface area contributed by atoms with Crippen LogP contribution in [0.4, 0.5) is 4.39 Å². The van der Waals surface area contributed by atoms with E-state index in [1.54, 1.807) is 6.07 Å². The maximum atomic E-state index is 13.0. The van der Waals surface area contributed by atoms with Crippen molar-refractivity contribution in [1.82, 2.24) is 5.32 Å². The predicted octanol–water partition coefficient (Wildman–Crippen LogP) is 2.99. The minimum atomic E-state index is -0.835. The van der Waals surface area contributed by atoms with Crippen LogP contribution in [0.2, 0.25) is 5.02 Å². The molecule has 0 heterocycles. The van der Waals surface area contributed by atoms with Crippen LogP contribution in [0.5, 0.6) is 0 Å². The fraction of sp³-hybridized carbons (Fsp3) is 0.467. The first-order chi connectivity index (χ1) is 9.97. The Bertz CT molecular complexity index is 550. The van der Waals surface area contributed by atoms with Crippen molar-refractivity contribution in [2.45, 2.75) is 32.2 Å². The molecule has 0 unspecified atom stereocenters. The zero-order valence-electron chi connectivity index (χ0n) is 11.4. The van der Waals surface area contributed by atoms with E-state index in [2.05, 4.69) is 5.32 Å². The number of carboxylic acids is 1. The number of carbonyl (C=O) groups excluding carboxylic acids is 1. The lowest BCUT2D eigenvalue weighted by Crippen LogP contribution is -2.35. The first-order valence-electron chi connectivity index (χ1n) is 6.92. The molecule has 1 aliphatic carbocycles. The van der Waals surface area contributed by atoms with Crippen LogP contribution in [0.1, 0.15) is 31.2 Å². The van der Waals surface area contributed by atoms with Crippen LogP contribution in [-0.2, 0) is 16.1 Å². The minimum Gasteiger partial charge on any atom is -0.481 e. The normalized spacial score (nSPS) is 21.8. The largest absolute Gasteiger partial charge is 0.481 e. The summed E-state index contributed by atoms with van der Waals surface area (Å²) in [5, 5.41) is 11.8. The summed E-state index contributed by atoms with van der Waals surface area (Å²) in [6.45, 7) is 0.257. The van der Waals surface area contributed by atoms with Gasteiger partial charge < -0.3 is 10.4 Å². The molecule has 6 heteroatoms. The Balaban J connectivity index is 1.89. The number of rotatable bonds is 4. The Hall–Kier alpha value is -1.62. The molecule has 21 heavy (non-hydrogen) atoms. The zero-order chi connectivity index (χ0) is 15.4. The van der Waals surface area contributed by atoms with Crippen LogP contribution < -0.4 is 5.32 Å². The van der Waals surface area contributed by atoms with E-state index in [-0.39, 0.29) is 23.4 Å². The molecule has 1 aromatic rings. The molecule has 1 saturated carbocycles. The predicted molar refractivity (Wildman–Crippen MR) is 76.3 cm³/mol. The molecule has 114 valence electrons. The summed E-state index contributed by atoms with van der Waals surface area (Å²) in [6.07, 6.45) is 2.47. The Morgan fingerprint density at radius 2 is 2.05 bits per heavy atom. The monoisotopic (exact) mass is 313 g/mol. The number of hydrogen-bond donors (Lipinski definition) is 2. The van der Waals surface area contributed by atoms with Gasteiger partial charge in [0.05, 0.1) is 10.9 Å². The van der Waals surface area contributed by atoms with Crippen molar-refractivity contribution in [1.29, 1.82) is 0 Å². The van der Waals surface area contributed by atoms with Gasteiger partial charge in [0.25, 0.3) is 0 Å². The topological polar surface area (TPSA) is 66.4 Å². The van der Waals surface area contributed by atoms with Gasteiger partial charge in [-0.05, 0) is 37.0 Å². The van der Waals surface area contributed by atoms with E-state index < -0.39 is 17.7 Å². The van der Waals surface area contributed by atoms with E-state index in [1.807, 2.05) is 0 Å². The average molecular weight is 314 g/mol. The van der Waals surface area contributed by atoms with Crippen molar-refractivity contribution in [3.8, 4) is 0 Å². The van der Waals surface area contributed by atoms with E-state index in [4.69, 9.17) is 16.7 Å². The Kier molecular flexibility index (Phi) is 5.17. The second-order valence-electron chi connectivity index (χ2n) is 5.36. The average Bonchev–Trinajstić information content (AvgIpc) is 2.48. The standard InChI is InChI=1S/C15H17ClFNO3/c16-12-6-9(4-5-13(12)17)8-18-14(19)10-2-1-3-11(7-10)15(20)21/h4-6,10-11H,1-3,7-8H2,(H,18,19)(H,20,21)/t10-,11+/m0/s1. The van der Waals surface area contributed by atoms with Crippen LogP contribution in [0, 0.1) is 17.7 Å². The minimum absolute atomic E-state index is 0.0188. The fourth-order valence-electron chi connectivity index (χ4n) is 2.64. The zero-order valence-corrected chi connectivity index (χ0v) is 12.2. The lowest BCUT2D eigenvalue weighted by atomic mass is 9.81. The van der Waals surface area contributed by atoms with Gasteiger partial charge in [0, 0.05) is 12.5 Å². The number of halogens is 2. The maximum Gasteiger partial charge on any atom is 0.306 e. The molecule has 1 aromatic carbocycles. The van der Waals surface area contributed by atoms with Gasteiger partial charge in [-0.15, -0.1) is 0 Å². The number of nitrogens with one attached hydrogen (secondary N) is 1. The van der Waals surface area contributed by atoms with Gasteiger partial charge in [0.2, 0.25) is 5.91 Å². The molecular weight excluding hydrogens is 297 g/mol. The third-order valence-electron chi connectivity index (χ3n) is 3.84. The summed E-state index contributed by atoms with van der Waals surface area (Å²) in [6, 6.07) is 4.28. The summed E-state index contributed by atoms with van der Waals surface area (Å²) in [5.41, 5.74) is 0.709. The molecular formula is C15H17ClFNO3. The van der Waals surface area contributed by atoms with E-state index in [9.17, 15) is 14.0 Å². The SMILES string of the molecule is O=C(O)[C@@H]1CCC[C@H](C(=O)NCc2ccc(F)c(Cl)c2)C1. The molecule has 2 rings (SSSR count). The summed E-state index contributed by atoms with van der Waals surface area (Å²) < 4.78 is 13.0. The molecule has 0 bridgehead atoms. The number of carbonyl (C=O) groups is 2. The molecule has 0 radical (unpaired) electrons. The van der Waals surface area contributed by atoms with Gasteiger partial charge in [0.1, 0.15) is 5.82 Å². The van der Waals surface area contributed by atoms with Gasteiger partial charge in [-0.3, -0.25) is 9.59 Å². The van der Waals surface area contributed by atoms with Crippen LogP contribution in [0.3, 0.4) is 0 Å². The van der Waals surface area contributed by atoms with Crippen molar-refractivity contribution >= 4 is 23.5 Å². The summed E-state index contributed by atoms with van der Waals surface area (Å²) in [4.78, 5) is 23.1. The van der Waals surface area contributed by atoms with Crippen LogP contribution in [-0.4, -0.2) is 17.0 Å². The molecule has 1 aliphatic rings. The Morgan fingerprint density at radius 3 is 2.71 bits per heavy atom. The summed E-state index contributed by atoms with van der Waals surface area (Å²) >= 11 is 5.68. The highest BCUT2D eigenvalue weighted by atomic mass is 35.5. The van der Waals surface area contributed by atoms with Gasteiger partial charge >= 0.3 is 5.97 Å². The molecule has 0 spiro atoms. The van der Waals surface area contributed by atoms with E-state index in [1.165, 1.54) is 12.1 Å². The van der Waals surface area contributed by atoms with Crippen molar-refractivity contribution < 1.29 is 19.1 Å². The second-order valence-corrected chi connectivity index (χ2v) is 5.77. The van der Waals surface area contributed by atoms with E-state index in [0.29, 0.717) is 24.8 Å².